The van der Waals surface area contributed by atoms with E-state index in [-0.39, 0.29) is 5.82 Å². The van der Waals surface area contributed by atoms with Gasteiger partial charge in [0.05, 0.1) is 13.2 Å². The molecule has 2 aromatic carbocycles. The first-order valence-corrected chi connectivity index (χ1v) is 6.75. The number of aromatic nitrogens is 3. The zero-order chi connectivity index (χ0) is 15.5. The van der Waals surface area contributed by atoms with Gasteiger partial charge < -0.3 is 10.5 Å². The molecule has 1 aromatic heterocycles. The molecule has 0 radical (unpaired) electrons. The molecule has 0 amide bonds. The average molecular weight is 298 g/mol. The molecule has 1 atom stereocenters. The molecule has 0 fully saturated rings. The summed E-state index contributed by atoms with van der Waals surface area (Å²) in [5.74, 6) is 1.50. The number of ether oxygens (including phenoxy) is 1. The molecule has 3 aromatic rings. The Kier molecular flexibility index (Phi) is 3.84. The van der Waals surface area contributed by atoms with Gasteiger partial charge in [-0.1, -0.05) is 12.1 Å². The number of methoxy groups -OCH3 is 1. The summed E-state index contributed by atoms with van der Waals surface area (Å²) in [4.78, 5) is 4.38. The van der Waals surface area contributed by atoms with Crippen LogP contribution < -0.4 is 10.5 Å². The van der Waals surface area contributed by atoms with E-state index in [1.807, 2.05) is 24.3 Å². The molecule has 22 heavy (non-hydrogen) atoms. The van der Waals surface area contributed by atoms with Gasteiger partial charge >= 0.3 is 0 Å². The minimum absolute atomic E-state index is 0.297. The second kappa shape index (κ2) is 5.95. The van der Waals surface area contributed by atoms with Crippen LogP contribution in [0.1, 0.15) is 17.4 Å². The number of aromatic amines is 1. The van der Waals surface area contributed by atoms with Gasteiger partial charge in [-0.05, 0) is 42.0 Å². The van der Waals surface area contributed by atoms with E-state index in [0.29, 0.717) is 11.6 Å². The Morgan fingerprint density at radius 2 is 1.77 bits per heavy atom. The first kappa shape index (κ1) is 14.2. The van der Waals surface area contributed by atoms with Gasteiger partial charge in [0.15, 0.2) is 5.82 Å². The Hall–Kier alpha value is -2.73. The van der Waals surface area contributed by atoms with Crippen molar-refractivity contribution in [1.82, 2.24) is 15.2 Å². The van der Waals surface area contributed by atoms with Crippen LogP contribution in [0.15, 0.2) is 48.5 Å². The molecule has 112 valence electrons. The molecule has 1 heterocycles. The predicted octanol–water partition coefficient (Wildman–Crippen LogP) is 2.67. The van der Waals surface area contributed by atoms with E-state index in [2.05, 4.69) is 15.2 Å². The first-order valence-electron chi connectivity index (χ1n) is 6.75. The van der Waals surface area contributed by atoms with E-state index in [0.717, 1.165) is 16.9 Å². The molecule has 0 aliphatic carbocycles. The molecular formula is C16H15FN4O. The van der Waals surface area contributed by atoms with Crippen LogP contribution in [0, 0.1) is 5.82 Å². The van der Waals surface area contributed by atoms with Crippen LogP contribution in [-0.2, 0) is 0 Å². The maximum absolute atomic E-state index is 12.9. The zero-order valence-electron chi connectivity index (χ0n) is 12.0. The largest absolute Gasteiger partial charge is 0.497 e. The van der Waals surface area contributed by atoms with Gasteiger partial charge in [0.2, 0.25) is 0 Å². The fourth-order valence-corrected chi connectivity index (χ4v) is 2.11. The summed E-state index contributed by atoms with van der Waals surface area (Å²) in [5, 5.41) is 6.97. The maximum Gasteiger partial charge on any atom is 0.181 e. The molecule has 0 aliphatic rings. The van der Waals surface area contributed by atoms with Crippen LogP contribution in [0.5, 0.6) is 5.75 Å². The zero-order valence-corrected chi connectivity index (χ0v) is 12.0. The molecule has 0 bridgehead atoms. The number of halogens is 1. The standard InChI is InChI=1S/C16H15FN4O/c1-22-13-8-4-10(5-9-13)14(18)16-19-15(20-21-16)11-2-6-12(17)7-3-11/h2-9,14H,18H2,1H3,(H,19,20,21)/t14-/m1/s1. The third-order valence-corrected chi connectivity index (χ3v) is 3.37. The lowest BCUT2D eigenvalue weighted by Crippen LogP contribution is -2.13. The number of nitrogens with one attached hydrogen (secondary N) is 1. The van der Waals surface area contributed by atoms with Crippen molar-refractivity contribution in [2.75, 3.05) is 7.11 Å². The van der Waals surface area contributed by atoms with Gasteiger partial charge in [0.1, 0.15) is 17.4 Å². The molecule has 0 aliphatic heterocycles. The maximum atomic E-state index is 12.9. The van der Waals surface area contributed by atoms with E-state index in [9.17, 15) is 4.39 Å². The van der Waals surface area contributed by atoms with Crippen molar-refractivity contribution in [3.63, 3.8) is 0 Å². The van der Waals surface area contributed by atoms with Gasteiger partial charge in [-0.15, -0.1) is 0 Å². The highest BCUT2D eigenvalue weighted by molar-refractivity contribution is 5.54. The fraction of sp³-hybridized carbons (Fsp3) is 0.125. The van der Waals surface area contributed by atoms with Gasteiger partial charge in [-0.2, -0.15) is 5.10 Å². The molecule has 0 saturated heterocycles. The summed E-state index contributed by atoms with van der Waals surface area (Å²) in [5.41, 5.74) is 7.81. The lowest BCUT2D eigenvalue weighted by molar-refractivity contribution is 0.414. The minimum atomic E-state index is -0.424. The van der Waals surface area contributed by atoms with Crippen molar-refractivity contribution in [2.24, 2.45) is 5.73 Å². The normalized spacial score (nSPS) is 12.1. The summed E-state index contributed by atoms with van der Waals surface area (Å²) >= 11 is 0. The fourth-order valence-electron chi connectivity index (χ4n) is 2.11. The Morgan fingerprint density at radius 1 is 1.09 bits per heavy atom. The van der Waals surface area contributed by atoms with Crippen LogP contribution in [0.3, 0.4) is 0 Å². The van der Waals surface area contributed by atoms with Crippen LogP contribution in [-0.4, -0.2) is 22.3 Å². The lowest BCUT2D eigenvalue weighted by atomic mass is 10.1. The van der Waals surface area contributed by atoms with Crippen LogP contribution in [0.2, 0.25) is 0 Å². The quantitative estimate of drug-likeness (QED) is 0.776. The summed E-state index contributed by atoms with van der Waals surface area (Å²) < 4.78 is 18.1. The SMILES string of the molecule is COc1ccc([C@@H](N)c2nc(-c3ccc(F)cc3)n[nH]2)cc1. The summed E-state index contributed by atoms with van der Waals surface area (Å²) in [7, 11) is 1.61. The summed E-state index contributed by atoms with van der Waals surface area (Å²) in [6, 6.07) is 13.0. The van der Waals surface area contributed by atoms with Crippen LogP contribution in [0.4, 0.5) is 4.39 Å². The van der Waals surface area contributed by atoms with Crippen LogP contribution in [0.25, 0.3) is 11.4 Å². The van der Waals surface area contributed by atoms with Crippen molar-refractivity contribution in [1.29, 1.82) is 0 Å². The van der Waals surface area contributed by atoms with Crippen molar-refractivity contribution in [2.45, 2.75) is 6.04 Å². The highest BCUT2D eigenvalue weighted by atomic mass is 19.1. The number of nitrogens with two attached hydrogens (primary N) is 1. The number of nitrogens with zero attached hydrogens (tertiary/aromatic N) is 2. The second-order valence-corrected chi connectivity index (χ2v) is 4.80. The van der Waals surface area contributed by atoms with E-state index in [1.54, 1.807) is 19.2 Å². The number of hydrogen-bond donors (Lipinski definition) is 2. The molecule has 0 unspecified atom stereocenters. The molecule has 3 rings (SSSR count). The molecule has 3 N–H and O–H groups in total. The smallest absolute Gasteiger partial charge is 0.181 e. The van der Waals surface area contributed by atoms with Crippen molar-refractivity contribution in [3.8, 4) is 17.1 Å². The molecular weight excluding hydrogens is 283 g/mol. The number of hydrogen-bond acceptors (Lipinski definition) is 4. The van der Waals surface area contributed by atoms with Gasteiger partial charge in [0, 0.05) is 5.56 Å². The highest BCUT2D eigenvalue weighted by Crippen LogP contribution is 2.22. The topological polar surface area (TPSA) is 76.8 Å². The molecule has 6 heteroatoms. The number of benzene rings is 2. The monoisotopic (exact) mass is 298 g/mol. The minimum Gasteiger partial charge on any atom is -0.497 e. The van der Waals surface area contributed by atoms with E-state index >= 15 is 0 Å². The molecule has 0 saturated carbocycles. The Labute approximate surface area is 127 Å². The highest BCUT2D eigenvalue weighted by Gasteiger charge is 2.15. The average Bonchev–Trinajstić information content (AvgIpc) is 3.05. The van der Waals surface area contributed by atoms with E-state index in [1.165, 1.54) is 12.1 Å². The molecule has 0 spiro atoms. The molecule has 5 nitrogen and oxygen atoms in total. The first-order chi connectivity index (χ1) is 10.7. The number of H-pyrrole nitrogens is 1. The van der Waals surface area contributed by atoms with Crippen molar-refractivity contribution < 1.29 is 9.13 Å². The lowest BCUT2D eigenvalue weighted by Gasteiger charge is -2.09. The van der Waals surface area contributed by atoms with Gasteiger partial charge in [-0.25, -0.2) is 9.37 Å². The summed E-state index contributed by atoms with van der Waals surface area (Å²) in [6.07, 6.45) is 0. The van der Waals surface area contributed by atoms with Gasteiger partial charge in [0.25, 0.3) is 0 Å². The second-order valence-electron chi connectivity index (χ2n) is 4.80. The number of rotatable bonds is 4. The predicted molar refractivity (Wildman–Crippen MR) is 80.8 cm³/mol. The van der Waals surface area contributed by atoms with E-state index in [4.69, 9.17) is 10.5 Å². The Morgan fingerprint density at radius 3 is 2.41 bits per heavy atom. The van der Waals surface area contributed by atoms with Gasteiger partial charge in [-0.3, -0.25) is 5.10 Å². The third-order valence-electron chi connectivity index (χ3n) is 3.37. The third kappa shape index (κ3) is 2.82. The Bertz CT molecular complexity index is 753. The Balaban J connectivity index is 1.84. The summed E-state index contributed by atoms with van der Waals surface area (Å²) in [6.45, 7) is 0. The van der Waals surface area contributed by atoms with Crippen molar-refractivity contribution in [3.05, 3.63) is 65.7 Å². The van der Waals surface area contributed by atoms with E-state index < -0.39 is 6.04 Å². The van der Waals surface area contributed by atoms with Crippen molar-refractivity contribution >= 4 is 0 Å². The van der Waals surface area contributed by atoms with Crippen LogP contribution >= 0.6 is 0 Å².